The number of aromatic carboxylic acids is 1. The summed E-state index contributed by atoms with van der Waals surface area (Å²) in [5.74, 6) is 0.677. The molecule has 2 N–H and O–H groups in total. The van der Waals surface area contributed by atoms with Crippen molar-refractivity contribution in [3.8, 4) is 0 Å². The lowest BCUT2D eigenvalue weighted by Gasteiger charge is -2.36. The Morgan fingerprint density at radius 3 is 2.21 bits per heavy atom. The molecule has 1 fully saturated rings. The summed E-state index contributed by atoms with van der Waals surface area (Å²) in [5.41, 5.74) is 1.86. The number of nitrogens with one attached hydrogen (secondary N) is 1. The number of pyridine rings is 2. The van der Waals surface area contributed by atoms with Crippen molar-refractivity contribution in [2.75, 3.05) is 40.7 Å². The minimum atomic E-state index is -3.85. The number of anilines is 3. The number of benzene rings is 2. The summed E-state index contributed by atoms with van der Waals surface area (Å²) in [6.45, 7) is 6.89. The summed E-state index contributed by atoms with van der Waals surface area (Å²) in [7, 11) is -3.85. The van der Waals surface area contributed by atoms with E-state index in [2.05, 4.69) is 19.5 Å². The van der Waals surface area contributed by atoms with Crippen molar-refractivity contribution in [1.29, 1.82) is 0 Å². The number of rotatable bonds is 7. The fourth-order valence-corrected chi connectivity index (χ4v) is 5.62. The van der Waals surface area contributed by atoms with Gasteiger partial charge in [0.15, 0.2) is 0 Å². The SMILES string of the molecule is CC(C)c1ccc(S(=O)(=O)Nc2ccc3nc(N4CCN(c5ccccn5)CC4)cc(C(=O)O)c3c2)cc1. The molecule has 1 aliphatic heterocycles. The monoisotopic (exact) mass is 531 g/mol. The first-order valence-corrected chi connectivity index (χ1v) is 13.9. The molecule has 196 valence electrons. The van der Waals surface area contributed by atoms with Crippen LogP contribution >= 0.6 is 0 Å². The molecule has 2 aromatic heterocycles. The molecule has 1 aliphatic rings. The number of piperazine rings is 1. The van der Waals surface area contributed by atoms with Crippen LogP contribution in [0.25, 0.3) is 10.9 Å². The molecule has 0 saturated carbocycles. The third-order valence-corrected chi connectivity index (χ3v) is 8.11. The Kier molecular flexibility index (Phi) is 6.90. The predicted octanol–water partition coefficient (Wildman–Crippen LogP) is 4.58. The first-order valence-electron chi connectivity index (χ1n) is 12.4. The Bertz CT molecular complexity index is 1570. The van der Waals surface area contributed by atoms with Gasteiger partial charge < -0.3 is 14.9 Å². The summed E-state index contributed by atoms with van der Waals surface area (Å²) in [4.78, 5) is 25.7. The maximum atomic E-state index is 13.0. The van der Waals surface area contributed by atoms with Crippen molar-refractivity contribution in [1.82, 2.24) is 9.97 Å². The van der Waals surface area contributed by atoms with Crippen molar-refractivity contribution in [2.24, 2.45) is 0 Å². The van der Waals surface area contributed by atoms with Crippen LogP contribution < -0.4 is 14.5 Å². The first-order chi connectivity index (χ1) is 18.2. The van der Waals surface area contributed by atoms with Gasteiger partial charge in [-0.15, -0.1) is 0 Å². The van der Waals surface area contributed by atoms with Gasteiger partial charge in [-0.3, -0.25) is 4.72 Å². The number of hydrogen-bond donors (Lipinski definition) is 2. The van der Waals surface area contributed by atoms with Crippen LogP contribution in [0.2, 0.25) is 0 Å². The molecular formula is C28H29N5O4S. The second-order valence-corrected chi connectivity index (χ2v) is 11.2. The Balaban J connectivity index is 1.39. The molecule has 0 bridgehead atoms. The van der Waals surface area contributed by atoms with Gasteiger partial charge in [-0.1, -0.05) is 32.0 Å². The van der Waals surface area contributed by atoms with Gasteiger partial charge >= 0.3 is 5.97 Å². The second-order valence-electron chi connectivity index (χ2n) is 9.56. The van der Waals surface area contributed by atoms with E-state index in [1.165, 1.54) is 6.07 Å². The molecule has 5 rings (SSSR count). The van der Waals surface area contributed by atoms with Gasteiger partial charge in [0.1, 0.15) is 11.6 Å². The second kappa shape index (κ2) is 10.3. The molecule has 0 spiro atoms. The largest absolute Gasteiger partial charge is 0.478 e. The molecule has 1 saturated heterocycles. The van der Waals surface area contributed by atoms with E-state index in [1.807, 2.05) is 32.0 Å². The summed E-state index contributed by atoms with van der Waals surface area (Å²) < 4.78 is 28.5. The summed E-state index contributed by atoms with van der Waals surface area (Å²) in [6, 6.07) is 18.9. The highest BCUT2D eigenvalue weighted by atomic mass is 32.2. The fraction of sp³-hybridized carbons (Fsp3) is 0.250. The molecule has 2 aromatic carbocycles. The summed E-state index contributed by atoms with van der Waals surface area (Å²) in [5, 5.41) is 10.3. The van der Waals surface area contributed by atoms with Gasteiger partial charge in [0.05, 0.1) is 16.0 Å². The average Bonchev–Trinajstić information content (AvgIpc) is 2.93. The van der Waals surface area contributed by atoms with Crippen molar-refractivity contribution >= 4 is 44.2 Å². The fourth-order valence-electron chi connectivity index (χ4n) is 4.57. The number of carboxylic acid groups (broad SMARTS) is 1. The van der Waals surface area contributed by atoms with Gasteiger partial charge in [0.25, 0.3) is 10.0 Å². The summed E-state index contributed by atoms with van der Waals surface area (Å²) in [6.07, 6.45) is 1.77. The molecule has 0 aliphatic carbocycles. The topological polar surface area (TPSA) is 116 Å². The molecule has 0 radical (unpaired) electrons. The van der Waals surface area contributed by atoms with Crippen molar-refractivity contribution in [2.45, 2.75) is 24.7 Å². The lowest BCUT2D eigenvalue weighted by atomic mass is 10.0. The molecule has 10 heteroatoms. The lowest BCUT2D eigenvalue weighted by molar-refractivity contribution is 0.0699. The Labute approximate surface area is 221 Å². The molecule has 3 heterocycles. The molecule has 9 nitrogen and oxygen atoms in total. The molecule has 4 aromatic rings. The van der Waals surface area contributed by atoms with E-state index < -0.39 is 16.0 Å². The smallest absolute Gasteiger partial charge is 0.336 e. The molecule has 0 unspecified atom stereocenters. The first kappa shape index (κ1) is 25.5. The zero-order chi connectivity index (χ0) is 26.9. The minimum Gasteiger partial charge on any atom is -0.478 e. The van der Waals surface area contributed by atoms with Crippen LogP contribution in [0.15, 0.2) is 77.8 Å². The average molecular weight is 532 g/mol. The zero-order valence-corrected chi connectivity index (χ0v) is 22.0. The highest BCUT2D eigenvalue weighted by Crippen LogP contribution is 2.28. The van der Waals surface area contributed by atoms with Crippen LogP contribution in [0.4, 0.5) is 17.3 Å². The number of aromatic nitrogens is 2. The van der Waals surface area contributed by atoms with Crippen LogP contribution in [0.1, 0.15) is 35.7 Å². The summed E-state index contributed by atoms with van der Waals surface area (Å²) >= 11 is 0. The van der Waals surface area contributed by atoms with Crippen LogP contribution in [0.3, 0.4) is 0 Å². The van der Waals surface area contributed by atoms with E-state index in [0.717, 1.165) is 24.5 Å². The zero-order valence-electron chi connectivity index (χ0n) is 21.2. The van der Waals surface area contributed by atoms with E-state index in [4.69, 9.17) is 4.98 Å². The highest BCUT2D eigenvalue weighted by molar-refractivity contribution is 7.92. The highest BCUT2D eigenvalue weighted by Gasteiger charge is 2.22. The Hall–Kier alpha value is -4.18. The van der Waals surface area contributed by atoms with Gasteiger partial charge in [-0.25, -0.2) is 23.2 Å². The van der Waals surface area contributed by atoms with Crippen molar-refractivity contribution < 1.29 is 18.3 Å². The van der Waals surface area contributed by atoms with E-state index >= 15 is 0 Å². The van der Waals surface area contributed by atoms with E-state index in [-0.39, 0.29) is 22.1 Å². The van der Waals surface area contributed by atoms with E-state index in [9.17, 15) is 18.3 Å². The van der Waals surface area contributed by atoms with Gasteiger partial charge in [0, 0.05) is 43.4 Å². The molecular weight excluding hydrogens is 502 g/mol. The number of carbonyl (C=O) groups is 1. The van der Waals surface area contributed by atoms with E-state index in [1.54, 1.807) is 48.7 Å². The maximum Gasteiger partial charge on any atom is 0.336 e. The lowest BCUT2D eigenvalue weighted by Crippen LogP contribution is -2.47. The van der Waals surface area contributed by atoms with Crippen LogP contribution in [-0.4, -0.2) is 55.6 Å². The van der Waals surface area contributed by atoms with E-state index in [0.29, 0.717) is 29.8 Å². The Morgan fingerprint density at radius 1 is 0.921 bits per heavy atom. The molecule has 0 amide bonds. The van der Waals surface area contributed by atoms with Crippen LogP contribution in [-0.2, 0) is 10.0 Å². The third-order valence-electron chi connectivity index (χ3n) is 6.71. The van der Waals surface area contributed by atoms with Crippen molar-refractivity contribution in [3.05, 3.63) is 84.1 Å². The quantitative estimate of drug-likeness (QED) is 0.356. The number of hydrogen-bond acceptors (Lipinski definition) is 7. The number of carboxylic acids is 1. The van der Waals surface area contributed by atoms with Crippen molar-refractivity contribution in [3.63, 3.8) is 0 Å². The number of sulfonamides is 1. The number of fused-ring (bicyclic) bond motifs is 1. The standard InChI is InChI=1S/C28H29N5O4S/c1-19(2)20-6-9-22(10-7-20)38(36,37)31-21-8-11-25-23(17-21)24(28(34)35)18-27(30-25)33-15-13-32(14-16-33)26-5-3-4-12-29-26/h3-12,17-19,31H,13-16H2,1-2H3,(H,34,35). The Morgan fingerprint density at radius 2 is 1.61 bits per heavy atom. The van der Waals surface area contributed by atoms with Gasteiger partial charge in [0.2, 0.25) is 0 Å². The molecule has 0 atom stereocenters. The normalized spacial score (nSPS) is 14.2. The predicted molar refractivity (Wildman–Crippen MR) is 149 cm³/mol. The number of nitrogens with zero attached hydrogens (tertiary/aromatic N) is 4. The van der Waals surface area contributed by atoms with Gasteiger partial charge in [-0.05, 0) is 60.0 Å². The van der Waals surface area contributed by atoms with Crippen LogP contribution in [0.5, 0.6) is 0 Å². The minimum absolute atomic E-state index is 0.0690. The van der Waals surface area contributed by atoms with Gasteiger partial charge in [-0.2, -0.15) is 0 Å². The molecule has 38 heavy (non-hydrogen) atoms. The third kappa shape index (κ3) is 5.26. The maximum absolute atomic E-state index is 13.0. The van der Waals surface area contributed by atoms with Crippen LogP contribution in [0, 0.1) is 0 Å².